The summed E-state index contributed by atoms with van der Waals surface area (Å²) in [4.78, 5) is 4.26. The summed E-state index contributed by atoms with van der Waals surface area (Å²) >= 11 is 1.93. The molecule has 0 amide bonds. The number of fused-ring (bicyclic) bond motifs is 1. The van der Waals surface area contributed by atoms with Crippen molar-refractivity contribution in [2.24, 2.45) is 11.3 Å². The summed E-state index contributed by atoms with van der Waals surface area (Å²) in [5, 5.41) is 5.90. The van der Waals surface area contributed by atoms with Gasteiger partial charge in [-0.3, -0.25) is 4.90 Å². The van der Waals surface area contributed by atoms with Gasteiger partial charge in [-0.15, -0.1) is 11.3 Å². The molecule has 1 aromatic heterocycles. The average molecular weight is 295 g/mol. The Morgan fingerprint density at radius 3 is 2.95 bits per heavy atom. The van der Waals surface area contributed by atoms with Crippen LogP contribution >= 0.6 is 11.3 Å². The average Bonchev–Trinajstić information content (AvgIpc) is 2.85. The summed E-state index contributed by atoms with van der Waals surface area (Å²) in [5.74, 6) is 0.736. The highest BCUT2D eigenvalue weighted by Gasteiger charge is 2.27. The monoisotopic (exact) mass is 294 g/mol. The van der Waals surface area contributed by atoms with Crippen LogP contribution in [-0.2, 0) is 13.0 Å². The van der Waals surface area contributed by atoms with E-state index in [0.29, 0.717) is 5.41 Å². The Morgan fingerprint density at radius 2 is 2.25 bits per heavy atom. The third-order valence-electron chi connectivity index (χ3n) is 4.45. The van der Waals surface area contributed by atoms with Crippen molar-refractivity contribution in [2.45, 2.75) is 47.1 Å². The molecule has 1 aromatic rings. The summed E-state index contributed by atoms with van der Waals surface area (Å²) in [7, 11) is 0. The summed E-state index contributed by atoms with van der Waals surface area (Å²) in [6.07, 6.45) is 2.48. The molecule has 1 unspecified atom stereocenters. The second-order valence-electron chi connectivity index (χ2n) is 7.02. The highest BCUT2D eigenvalue weighted by molar-refractivity contribution is 7.10. The molecular weight excluding hydrogens is 264 g/mol. The number of hydrogen-bond donors (Lipinski definition) is 1. The van der Waals surface area contributed by atoms with Crippen LogP contribution in [-0.4, -0.2) is 31.1 Å². The quantitative estimate of drug-likeness (QED) is 0.823. The smallest absolute Gasteiger partial charge is 0.0245 e. The van der Waals surface area contributed by atoms with Crippen molar-refractivity contribution in [1.29, 1.82) is 0 Å². The first kappa shape index (κ1) is 16.0. The van der Waals surface area contributed by atoms with Gasteiger partial charge in [-0.25, -0.2) is 0 Å². The van der Waals surface area contributed by atoms with Crippen molar-refractivity contribution in [3.05, 3.63) is 21.9 Å². The third kappa shape index (κ3) is 4.31. The highest BCUT2D eigenvalue weighted by Crippen LogP contribution is 2.28. The van der Waals surface area contributed by atoms with Gasteiger partial charge >= 0.3 is 0 Å². The predicted molar refractivity (Wildman–Crippen MR) is 89.4 cm³/mol. The molecule has 0 aliphatic carbocycles. The Bertz CT molecular complexity index is 413. The summed E-state index contributed by atoms with van der Waals surface area (Å²) < 4.78 is 0. The molecule has 0 radical (unpaired) electrons. The first-order valence-electron chi connectivity index (χ1n) is 8.01. The predicted octanol–water partition coefficient (Wildman–Crippen LogP) is 3.77. The molecule has 2 nitrogen and oxygen atoms in total. The first-order valence-corrected chi connectivity index (χ1v) is 8.89. The van der Waals surface area contributed by atoms with Crippen molar-refractivity contribution in [3.63, 3.8) is 0 Å². The van der Waals surface area contributed by atoms with Gasteiger partial charge in [0.25, 0.3) is 0 Å². The second kappa shape index (κ2) is 7.06. The van der Waals surface area contributed by atoms with Crippen LogP contribution in [0.1, 0.15) is 44.6 Å². The molecule has 3 heteroatoms. The van der Waals surface area contributed by atoms with E-state index in [2.05, 4.69) is 49.4 Å². The third-order valence-corrected chi connectivity index (χ3v) is 5.47. The molecule has 0 saturated carbocycles. The van der Waals surface area contributed by atoms with Crippen LogP contribution in [0.2, 0.25) is 0 Å². The molecule has 0 fully saturated rings. The van der Waals surface area contributed by atoms with Gasteiger partial charge < -0.3 is 5.32 Å². The second-order valence-corrected chi connectivity index (χ2v) is 8.02. The van der Waals surface area contributed by atoms with Crippen LogP contribution in [0.4, 0.5) is 0 Å². The fourth-order valence-electron chi connectivity index (χ4n) is 2.94. The zero-order chi connectivity index (χ0) is 14.6. The number of hydrogen-bond acceptors (Lipinski definition) is 3. The van der Waals surface area contributed by atoms with Gasteiger partial charge in [0.05, 0.1) is 0 Å². The van der Waals surface area contributed by atoms with Crippen LogP contribution in [0.3, 0.4) is 0 Å². The fourth-order valence-corrected chi connectivity index (χ4v) is 3.83. The Hall–Kier alpha value is -0.380. The Kier molecular flexibility index (Phi) is 5.65. The zero-order valence-corrected chi connectivity index (χ0v) is 14.4. The minimum Gasteiger partial charge on any atom is -0.316 e. The lowest BCUT2D eigenvalue weighted by atomic mass is 9.86. The van der Waals surface area contributed by atoms with Crippen LogP contribution < -0.4 is 5.32 Å². The van der Waals surface area contributed by atoms with E-state index >= 15 is 0 Å². The number of nitrogens with zero attached hydrogens (tertiary/aromatic N) is 1. The first-order chi connectivity index (χ1) is 9.52. The number of nitrogens with one attached hydrogen (secondary N) is 1. The molecule has 1 N–H and O–H groups in total. The standard InChI is InChI=1S/C17H30N2S/c1-5-17(4,12-18-10-14(2)3)13-19-8-6-16-15(11-19)7-9-20-16/h7,9,14,18H,5-6,8,10-13H2,1-4H3. The van der Waals surface area contributed by atoms with Crippen molar-refractivity contribution in [3.8, 4) is 0 Å². The van der Waals surface area contributed by atoms with Gasteiger partial charge in [0.15, 0.2) is 0 Å². The molecule has 1 atom stereocenters. The molecule has 2 heterocycles. The molecule has 0 spiro atoms. The van der Waals surface area contributed by atoms with Gasteiger partial charge in [0.2, 0.25) is 0 Å². The molecular formula is C17H30N2S. The van der Waals surface area contributed by atoms with Crippen LogP contribution in [0.25, 0.3) is 0 Å². The Labute approximate surface area is 128 Å². The Balaban J connectivity index is 1.86. The van der Waals surface area contributed by atoms with Crippen molar-refractivity contribution in [1.82, 2.24) is 10.2 Å². The molecule has 0 bridgehead atoms. The van der Waals surface area contributed by atoms with Gasteiger partial charge in [0, 0.05) is 31.1 Å². The summed E-state index contributed by atoms with van der Waals surface area (Å²) in [6.45, 7) is 15.2. The lowest BCUT2D eigenvalue weighted by molar-refractivity contribution is 0.143. The number of thiophene rings is 1. The minimum absolute atomic E-state index is 0.391. The van der Waals surface area contributed by atoms with Gasteiger partial charge in [-0.05, 0) is 47.7 Å². The van der Waals surface area contributed by atoms with Crippen LogP contribution in [0.15, 0.2) is 11.4 Å². The van der Waals surface area contributed by atoms with Gasteiger partial charge in [-0.1, -0.05) is 27.7 Å². The fraction of sp³-hybridized carbons (Fsp3) is 0.765. The largest absolute Gasteiger partial charge is 0.316 e. The van der Waals surface area contributed by atoms with E-state index in [4.69, 9.17) is 0 Å². The maximum atomic E-state index is 3.66. The minimum atomic E-state index is 0.391. The van der Waals surface area contributed by atoms with Crippen LogP contribution in [0.5, 0.6) is 0 Å². The molecule has 114 valence electrons. The van der Waals surface area contributed by atoms with Crippen LogP contribution in [0, 0.1) is 11.3 Å². The van der Waals surface area contributed by atoms with Crippen molar-refractivity contribution in [2.75, 3.05) is 26.2 Å². The summed E-state index contributed by atoms with van der Waals surface area (Å²) in [6, 6.07) is 2.31. The zero-order valence-electron chi connectivity index (χ0n) is 13.5. The highest BCUT2D eigenvalue weighted by atomic mass is 32.1. The molecule has 2 rings (SSSR count). The van der Waals surface area contributed by atoms with Crippen molar-refractivity contribution < 1.29 is 0 Å². The number of rotatable bonds is 7. The van der Waals surface area contributed by atoms with Crippen molar-refractivity contribution >= 4 is 11.3 Å². The Morgan fingerprint density at radius 1 is 1.45 bits per heavy atom. The molecule has 0 saturated heterocycles. The van der Waals surface area contributed by atoms with E-state index in [-0.39, 0.29) is 0 Å². The molecule has 20 heavy (non-hydrogen) atoms. The van der Waals surface area contributed by atoms with Gasteiger partial charge in [-0.2, -0.15) is 0 Å². The SMILES string of the molecule is CCC(C)(CNCC(C)C)CN1CCc2sccc2C1. The van der Waals surface area contributed by atoms with E-state index in [1.807, 2.05) is 11.3 Å². The normalized spacial score (nSPS) is 19.1. The van der Waals surface area contributed by atoms with Gasteiger partial charge in [0.1, 0.15) is 0 Å². The maximum Gasteiger partial charge on any atom is 0.0245 e. The molecule has 0 aromatic carbocycles. The maximum absolute atomic E-state index is 3.66. The molecule has 1 aliphatic heterocycles. The van der Waals surface area contributed by atoms with E-state index in [9.17, 15) is 0 Å². The molecule has 1 aliphatic rings. The lowest BCUT2D eigenvalue weighted by Crippen LogP contribution is -2.44. The topological polar surface area (TPSA) is 15.3 Å². The van der Waals surface area contributed by atoms with E-state index in [1.54, 1.807) is 10.4 Å². The summed E-state index contributed by atoms with van der Waals surface area (Å²) in [5.41, 5.74) is 1.96. The van der Waals surface area contributed by atoms with E-state index < -0.39 is 0 Å². The van der Waals surface area contributed by atoms with E-state index in [0.717, 1.165) is 25.6 Å². The van der Waals surface area contributed by atoms with E-state index in [1.165, 1.54) is 25.9 Å². The lowest BCUT2D eigenvalue weighted by Gasteiger charge is -2.37.